The number of hydrogen-bond acceptors (Lipinski definition) is 7. The second-order valence-corrected chi connectivity index (χ2v) is 13.1. The lowest BCUT2D eigenvalue weighted by atomic mass is 9.84. The normalized spacial score (nSPS) is 18.3. The van der Waals surface area contributed by atoms with E-state index in [4.69, 9.17) is 9.88 Å². The van der Waals surface area contributed by atoms with Gasteiger partial charge in [0.15, 0.2) is 0 Å². The molecule has 0 saturated heterocycles. The average Bonchev–Trinajstić information content (AvgIpc) is 3.13. The van der Waals surface area contributed by atoms with E-state index in [0.29, 0.717) is 22.0 Å². The van der Waals surface area contributed by atoms with Crippen LogP contribution in [0.3, 0.4) is 0 Å². The van der Waals surface area contributed by atoms with E-state index in [1.54, 1.807) is 0 Å². The highest BCUT2D eigenvalue weighted by Gasteiger charge is 2.37. The van der Waals surface area contributed by atoms with E-state index in [-0.39, 0.29) is 28.5 Å². The Balaban J connectivity index is 1.51. The van der Waals surface area contributed by atoms with Crippen molar-refractivity contribution in [2.45, 2.75) is 75.8 Å². The maximum absolute atomic E-state index is 12.9. The summed E-state index contributed by atoms with van der Waals surface area (Å²) in [6.45, 7) is 6.30. The molecule has 1 fully saturated rings. The topological polar surface area (TPSA) is 126 Å². The monoisotopic (exact) mass is 530 g/mol. The number of methoxy groups -OCH3 is 1. The molecule has 1 saturated carbocycles. The molecule has 2 aliphatic rings. The zero-order chi connectivity index (χ0) is 26.1. The minimum Gasteiger partial charge on any atom is -0.495 e. The smallest absolute Gasteiger partial charge is 0.241 e. The van der Waals surface area contributed by atoms with Crippen LogP contribution in [-0.2, 0) is 34.2 Å². The van der Waals surface area contributed by atoms with Gasteiger partial charge in [-0.25, -0.2) is 13.6 Å². The molecule has 0 bridgehead atoms. The molecule has 1 aliphatic carbocycles. The first-order valence-corrected chi connectivity index (χ1v) is 14.7. The molecule has 4 rings (SSSR count). The Bertz CT molecular complexity index is 1290. The molecule has 0 unspecified atom stereocenters. The van der Waals surface area contributed by atoms with Crippen molar-refractivity contribution in [2.75, 3.05) is 19.0 Å². The maximum Gasteiger partial charge on any atom is 0.241 e. The van der Waals surface area contributed by atoms with Gasteiger partial charge in [0.2, 0.25) is 15.9 Å². The highest BCUT2D eigenvalue weighted by Crippen LogP contribution is 2.42. The molecular weight excluding hydrogens is 496 g/mol. The molecule has 1 aromatic carbocycles. The molecule has 0 atom stereocenters. The van der Waals surface area contributed by atoms with Crippen molar-refractivity contribution < 1.29 is 17.9 Å². The molecule has 3 N–H and O–H groups in total. The fraction of sp³-hybridized carbons (Fsp3) is 0.538. The average molecular weight is 531 g/mol. The van der Waals surface area contributed by atoms with Crippen molar-refractivity contribution in [1.29, 1.82) is 5.26 Å². The Labute approximate surface area is 217 Å². The first-order chi connectivity index (χ1) is 17.0. The first-order valence-electron chi connectivity index (χ1n) is 12.3. The lowest BCUT2D eigenvalue weighted by Crippen LogP contribution is -2.50. The molecule has 10 heteroatoms. The maximum atomic E-state index is 12.9. The zero-order valence-corrected chi connectivity index (χ0v) is 22.7. The summed E-state index contributed by atoms with van der Waals surface area (Å²) in [4.78, 5) is 16.4. The Morgan fingerprint density at radius 1 is 1.31 bits per heavy atom. The number of anilines is 1. The van der Waals surface area contributed by atoms with E-state index in [1.165, 1.54) is 68.7 Å². The highest BCUT2D eigenvalue weighted by atomic mass is 32.2. The van der Waals surface area contributed by atoms with Crippen LogP contribution in [0.2, 0.25) is 0 Å². The van der Waals surface area contributed by atoms with Crippen LogP contribution in [0.15, 0.2) is 23.1 Å². The number of amides is 1. The number of nitrogens with one attached hydrogen (secondary N) is 1. The number of primary sulfonamides is 1. The lowest BCUT2D eigenvalue weighted by molar-refractivity contribution is -0.115. The number of sulfonamides is 1. The van der Waals surface area contributed by atoms with Crippen LogP contribution >= 0.6 is 11.3 Å². The van der Waals surface area contributed by atoms with E-state index in [2.05, 4.69) is 30.1 Å². The molecule has 0 radical (unpaired) electrons. The Morgan fingerprint density at radius 2 is 2.03 bits per heavy atom. The number of nitrogens with two attached hydrogens (primary N) is 1. The second kappa shape index (κ2) is 10.5. The van der Waals surface area contributed by atoms with E-state index in [1.807, 2.05) is 0 Å². The number of carbonyl (C=O) groups excluding carboxylic acids is 1. The number of carbonyl (C=O) groups is 1. The van der Waals surface area contributed by atoms with Crippen molar-refractivity contribution in [1.82, 2.24) is 4.90 Å². The minimum atomic E-state index is -3.94. The number of thiophene rings is 1. The molecule has 36 heavy (non-hydrogen) atoms. The van der Waals surface area contributed by atoms with Crippen molar-refractivity contribution in [3.8, 4) is 11.8 Å². The number of nitriles is 1. The van der Waals surface area contributed by atoms with Gasteiger partial charge in [0, 0.05) is 35.5 Å². The quantitative estimate of drug-likeness (QED) is 0.553. The van der Waals surface area contributed by atoms with Crippen molar-refractivity contribution in [3.63, 3.8) is 0 Å². The third-order valence-corrected chi connectivity index (χ3v) is 9.45. The van der Waals surface area contributed by atoms with Crippen LogP contribution in [0.1, 0.15) is 67.5 Å². The van der Waals surface area contributed by atoms with Gasteiger partial charge in [0.05, 0.1) is 19.1 Å². The van der Waals surface area contributed by atoms with Crippen molar-refractivity contribution in [2.24, 2.45) is 11.1 Å². The third-order valence-electron chi connectivity index (χ3n) is 7.36. The zero-order valence-electron chi connectivity index (χ0n) is 21.1. The lowest BCUT2D eigenvalue weighted by Gasteiger charge is -2.44. The number of nitrogens with zero attached hydrogens (tertiary/aromatic N) is 2. The predicted molar refractivity (Wildman–Crippen MR) is 141 cm³/mol. The fourth-order valence-electron chi connectivity index (χ4n) is 5.34. The van der Waals surface area contributed by atoms with E-state index in [0.717, 1.165) is 30.0 Å². The Hall–Kier alpha value is -2.45. The molecule has 0 spiro atoms. The van der Waals surface area contributed by atoms with Crippen LogP contribution in [0.25, 0.3) is 0 Å². The molecule has 1 aromatic heterocycles. The summed E-state index contributed by atoms with van der Waals surface area (Å²) in [5.41, 5.74) is 2.16. The van der Waals surface area contributed by atoms with Crippen LogP contribution in [-0.4, -0.2) is 38.4 Å². The van der Waals surface area contributed by atoms with Gasteiger partial charge in [-0.3, -0.25) is 9.69 Å². The van der Waals surface area contributed by atoms with Gasteiger partial charge in [0.1, 0.15) is 21.7 Å². The first kappa shape index (κ1) is 26.6. The molecule has 2 heterocycles. The number of hydrogen-bond donors (Lipinski definition) is 2. The van der Waals surface area contributed by atoms with Gasteiger partial charge < -0.3 is 10.1 Å². The van der Waals surface area contributed by atoms with E-state index < -0.39 is 10.0 Å². The van der Waals surface area contributed by atoms with E-state index >= 15 is 0 Å². The highest BCUT2D eigenvalue weighted by molar-refractivity contribution is 7.89. The summed E-state index contributed by atoms with van der Waals surface area (Å²) < 4.78 is 28.6. The largest absolute Gasteiger partial charge is 0.495 e. The summed E-state index contributed by atoms with van der Waals surface area (Å²) in [5, 5.41) is 18.7. The number of ether oxygens (including phenoxy) is 1. The van der Waals surface area contributed by atoms with Crippen LogP contribution in [0, 0.1) is 17.2 Å². The van der Waals surface area contributed by atoms with Gasteiger partial charge in [-0.15, -0.1) is 11.3 Å². The Morgan fingerprint density at radius 3 is 2.67 bits per heavy atom. The van der Waals surface area contributed by atoms with Gasteiger partial charge in [-0.05, 0) is 50.3 Å². The van der Waals surface area contributed by atoms with Crippen LogP contribution in [0.4, 0.5) is 5.00 Å². The summed E-state index contributed by atoms with van der Waals surface area (Å²) in [6.07, 6.45) is 7.35. The van der Waals surface area contributed by atoms with Crippen molar-refractivity contribution >= 4 is 32.3 Å². The minimum absolute atomic E-state index is 0.00793. The molecule has 194 valence electrons. The van der Waals surface area contributed by atoms with Crippen molar-refractivity contribution in [3.05, 3.63) is 39.8 Å². The Kier molecular flexibility index (Phi) is 7.76. The SMILES string of the molecule is COc1cc(CC(=O)Nc2sc3c(c2C#N)CN(CC2CCCCC2)C(C)(C)C3)ccc1S(N)(=O)=O. The number of fused-ring (bicyclic) bond motifs is 1. The molecule has 1 aliphatic heterocycles. The molecule has 2 aromatic rings. The standard InChI is InChI=1S/C26H34N4O4S2/c1-26(2)13-22-20(16-30(26)15-17-7-5-4-6-8-17)19(14-27)25(35-22)29-24(31)12-18-9-10-23(36(28,32)33)21(11-18)34-3/h9-11,17H,4-8,12-13,15-16H2,1-3H3,(H,29,31)(H2,28,32,33). The van der Waals surface area contributed by atoms with Crippen LogP contribution in [0.5, 0.6) is 5.75 Å². The summed E-state index contributed by atoms with van der Waals surface area (Å²) in [6, 6.07) is 6.71. The molecular formula is C26H34N4O4S2. The van der Waals surface area contributed by atoms with E-state index in [9.17, 15) is 18.5 Å². The summed E-state index contributed by atoms with van der Waals surface area (Å²) in [7, 11) is -2.59. The predicted octanol–water partition coefficient (Wildman–Crippen LogP) is 4.17. The van der Waals surface area contributed by atoms with Gasteiger partial charge in [0.25, 0.3) is 0 Å². The fourth-order valence-corrected chi connectivity index (χ4v) is 7.42. The van der Waals surface area contributed by atoms with Gasteiger partial charge >= 0.3 is 0 Å². The van der Waals surface area contributed by atoms with Gasteiger partial charge in [-0.1, -0.05) is 25.3 Å². The molecule has 8 nitrogen and oxygen atoms in total. The summed E-state index contributed by atoms with van der Waals surface area (Å²) in [5.74, 6) is 0.516. The molecule has 1 amide bonds. The summed E-state index contributed by atoms with van der Waals surface area (Å²) >= 11 is 1.49. The van der Waals surface area contributed by atoms with Crippen LogP contribution < -0.4 is 15.2 Å². The second-order valence-electron chi connectivity index (χ2n) is 10.4. The van der Waals surface area contributed by atoms with Gasteiger partial charge in [-0.2, -0.15) is 5.26 Å². The number of benzene rings is 1. The third kappa shape index (κ3) is 5.75. The number of rotatable bonds is 7.